The van der Waals surface area contributed by atoms with Gasteiger partial charge in [-0.1, -0.05) is 59.1 Å². The van der Waals surface area contributed by atoms with Gasteiger partial charge in [-0.15, -0.1) is 0 Å². The average molecular weight is 786 g/mol. The van der Waals surface area contributed by atoms with Crippen molar-refractivity contribution in [3.05, 3.63) is 93.1 Å². The number of imide groups is 2. The predicted molar refractivity (Wildman–Crippen MR) is 190 cm³/mol. The van der Waals surface area contributed by atoms with Gasteiger partial charge in [-0.3, -0.25) is 29.5 Å². The quantitative estimate of drug-likeness (QED) is 0.189. The number of nitrogens with one attached hydrogen (secondary N) is 1. The molecule has 6 atom stereocenters. The molecule has 4 amide bonds. The summed E-state index contributed by atoms with van der Waals surface area (Å²) in [5.74, 6) is -6.66. The predicted octanol–water partition coefficient (Wildman–Crippen LogP) is 6.68. The smallest absolute Gasteiger partial charge is 0.417 e. The summed E-state index contributed by atoms with van der Waals surface area (Å²) >= 11 is 12.5. The lowest BCUT2D eigenvalue weighted by Gasteiger charge is -2.49. The molecule has 0 bridgehead atoms. The summed E-state index contributed by atoms with van der Waals surface area (Å²) in [5.41, 5.74) is 1.36. The van der Waals surface area contributed by atoms with Crippen LogP contribution in [0.15, 0.2) is 66.4 Å². The number of rotatable bonds is 8. The van der Waals surface area contributed by atoms with Gasteiger partial charge in [-0.2, -0.15) is 18.2 Å². The van der Waals surface area contributed by atoms with E-state index in [4.69, 9.17) is 32.7 Å². The van der Waals surface area contributed by atoms with E-state index in [9.17, 15) is 32.7 Å². The molecule has 2 aromatic carbocycles. The molecule has 0 spiro atoms. The van der Waals surface area contributed by atoms with E-state index in [0.29, 0.717) is 34.0 Å². The van der Waals surface area contributed by atoms with E-state index in [1.807, 2.05) is 6.08 Å². The number of allylic oxidation sites excluding steroid dienone is 3. The van der Waals surface area contributed by atoms with Gasteiger partial charge >= 0.3 is 6.18 Å². The van der Waals surface area contributed by atoms with Crippen LogP contribution in [0.3, 0.4) is 0 Å². The molecule has 6 unspecified atom stereocenters. The zero-order valence-corrected chi connectivity index (χ0v) is 30.5. The number of alkyl halides is 3. The molecule has 1 aromatic heterocycles. The minimum Gasteiger partial charge on any atom is -0.502 e. The molecule has 54 heavy (non-hydrogen) atoms. The Kier molecular flexibility index (Phi) is 9.41. The maximum absolute atomic E-state index is 15.2. The number of phenolic OH excluding ortho intramolecular Hbond substituents is 1. The van der Waals surface area contributed by atoms with Gasteiger partial charge in [0.05, 0.1) is 48.0 Å². The molecule has 16 heteroatoms. The van der Waals surface area contributed by atoms with Crippen LogP contribution >= 0.6 is 23.2 Å². The number of methoxy groups -OCH3 is 2. The van der Waals surface area contributed by atoms with Crippen LogP contribution in [0.1, 0.15) is 36.5 Å². The van der Waals surface area contributed by atoms with Crippen molar-refractivity contribution in [2.75, 3.05) is 26.2 Å². The second kappa shape index (κ2) is 13.6. The molecule has 3 fully saturated rings. The normalized spacial score (nSPS) is 26.5. The van der Waals surface area contributed by atoms with Crippen LogP contribution in [0.25, 0.3) is 6.08 Å². The number of amides is 4. The first-order valence-corrected chi connectivity index (χ1v) is 17.7. The van der Waals surface area contributed by atoms with Crippen LogP contribution in [0.5, 0.6) is 17.2 Å². The van der Waals surface area contributed by atoms with Gasteiger partial charge in [0.1, 0.15) is 0 Å². The first-order chi connectivity index (χ1) is 25.7. The minimum atomic E-state index is -4.75. The zero-order valence-electron chi connectivity index (χ0n) is 29.0. The first kappa shape index (κ1) is 37.2. The van der Waals surface area contributed by atoms with Crippen molar-refractivity contribution in [3.8, 4) is 17.2 Å². The fourth-order valence-corrected chi connectivity index (χ4v) is 8.96. The third-order valence-electron chi connectivity index (χ3n) is 11.0. The number of carbonyl (C=O) groups is 4. The van der Waals surface area contributed by atoms with E-state index >= 15 is 4.79 Å². The number of ether oxygens (including phenoxy) is 2. The number of carbonyl (C=O) groups excluding carboxylic acids is 4. The van der Waals surface area contributed by atoms with Crippen LogP contribution in [-0.4, -0.2) is 64.4 Å². The fraction of sp³-hybridized carbons (Fsp3) is 0.342. The summed E-state index contributed by atoms with van der Waals surface area (Å²) in [6, 6.07) is 10.2. The van der Waals surface area contributed by atoms with E-state index in [1.54, 1.807) is 55.5 Å². The van der Waals surface area contributed by atoms with Crippen LogP contribution in [0.4, 0.5) is 19.0 Å². The first-order valence-electron chi connectivity index (χ1n) is 17.0. The standard InChI is InChI=1S/C38H33Cl2F3N4O7/c1-4-46-33(49)23-11-10-22-24(30(23)35(46)51)16-26-34(50)47(45-32-27(40)15-20(17-44-32)38(41,42)43)36(52)37(26,19-6-8-21(39)9-7-19)25(22)12-5-18-13-28(53-2)31(48)29(14-18)54-3/h5-10,12-15,17,23-26,30,48H,4,11,16H2,1-3H3,(H,44,45). The number of halogens is 5. The molecule has 1 saturated carbocycles. The van der Waals surface area contributed by atoms with Crippen molar-refractivity contribution in [1.82, 2.24) is 14.9 Å². The number of likely N-dealkylation sites (tertiary alicyclic amines) is 1. The van der Waals surface area contributed by atoms with Crippen molar-refractivity contribution in [2.24, 2.45) is 29.6 Å². The summed E-state index contributed by atoms with van der Waals surface area (Å²) in [6.45, 7) is 1.89. The number of nitrogens with zero attached hydrogens (tertiary/aromatic N) is 3. The number of aromatic hydroxyl groups is 1. The Morgan fingerprint density at radius 2 is 1.67 bits per heavy atom. The summed E-state index contributed by atoms with van der Waals surface area (Å²) in [6.07, 6.45) is 1.30. The van der Waals surface area contributed by atoms with Gasteiger partial charge in [-0.05, 0) is 67.1 Å². The van der Waals surface area contributed by atoms with E-state index in [1.165, 1.54) is 19.1 Å². The minimum absolute atomic E-state index is 0.00563. The molecule has 11 nitrogen and oxygen atoms in total. The second-order valence-electron chi connectivity index (χ2n) is 13.5. The van der Waals surface area contributed by atoms with E-state index in [2.05, 4.69) is 10.4 Å². The van der Waals surface area contributed by atoms with Crippen LogP contribution in [0, 0.1) is 29.6 Å². The number of hydrogen-bond acceptors (Lipinski definition) is 9. The number of hydrogen-bond donors (Lipinski definition) is 2. The summed E-state index contributed by atoms with van der Waals surface area (Å²) < 4.78 is 51.0. The third-order valence-corrected chi connectivity index (χ3v) is 11.5. The Labute approximate surface area is 317 Å². The number of fused-ring (bicyclic) bond motifs is 4. The lowest BCUT2D eigenvalue weighted by atomic mass is 9.50. The van der Waals surface area contributed by atoms with Crippen molar-refractivity contribution >= 4 is 58.7 Å². The van der Waals surface area contributed by atoms with Crippen LogP contribution in [-0.2, 0) is 30.8 Å². The average Bonchev–Trinajstić information content (AvgIpc) is 3.52. The largest absolute Gasteiger partial charge is 0.502 e. The molecule has 4 aliphatic rings. The van der Waals surface area contributed by atoms with Gasteiger partial charge in [0.15, 0.2) is 17.3 Å². The maximum Gasteiger partial charge on any atom is 0.417 e. The summed E-state index contributed by atoms with van der Waals surface area (Å²) in [4.78, 5) is 62.2. The number of anilines is 1. The van der Waals surface area contributed by atoms with Crippen molar-refractivity contribution < 1.29 is 46.9 Å². The van der Waals surface area contributed by atoms with Crippen molar-refractivity contribution in [1.29, 1.82) is 0 Å². The highest BCUT2D eigenvalue weighted by Crippen LogP contribution is 2.61. The van der Waals surface area contributed by atoms with Crippen molar-refractivity contribution in [3.63, 3.8) is 0 Å². The van der Waals surface area contributed by atoms with Crippen LogP contribution in [0.2, 0.25) is 10.0 Å². The number of pyridine rings is 1. The second-order valence-corrected chi connectivity index (χ2v) is 14.4. The number of aromatic nitrogens is 1. The SMILES string of the molecule is CCN1C(=O)C2CC=C3C(CC4C(=O)N(Nc5ncc(C(F)(F)F)cc5Cl)C(=O)C4(c4ccc(Cl)cc4)C3C=Cc3cc(OC)c(O)c(OC)c3)C2C1=O. The Morgan fingerprint density at radius 3 is 2.26 bits per heavy atom. The Bertz CT molecular complexity index is 2120. The highest BCUT2D eigenvalue weighted by atomic mass is 35.5. The molecular weight excluding hydrogens is 752 g/mol. The molecule has 0 radical (unpaired) electrons. The van der Waals surface area contributed by atoms with Crippen molar-refractivity contribution in [2.45, 2.75) is 31.4 Å². The number of benzene rings is 2. The molecule has 2 aliphatic carbocycles. The van der Waals surface area contributed by atoms with Gasteiger partial charge in [0.2, 0.25) is 17.6 Å². The Hall–Kier alpha value is -5.08. The van der Waals surface area contributed by atoms with E-state index in [0.717, 1.165) is 5.01 Å². The number of hydrazine groups is 1. The zero-order chi connectivity index (χ0) is 38.9. The highest BCUT2D eigenvalue weighted by Gasteiger charge is 2.69. The van der Waals surface area contributed by atoms with Gasteiger partial charge < -0.3 is 14.6 Å². The van der Waals surface area contributed by atoms with Crippen LogP contribution < -0.4 is 14.9 Å². The molecule has 2 N–H and O–H groups in total. The number of phenols is 1. The molecule has 7 rings (SSSR count). The Balaban J connectivity index is 1.42. The van der Waals surface area contributed by atoms with Gasteiger partial charge in [-0.25, -0.2) is 4.98 Å². The molecule has 282 valence electrons. The lowest BCUT2D eigenvalue weighted by molar-refractivity contribution is -0.141. The van der Waals surface area contributed by atoms with Gasteiger partial charge in [0, 0.05) is 23.7 Å². The third kappa shape index (κ3) is 5.69. The van der Waals surface area contributed by atoms with E-state index < -0.39 is 63.6 Å². The summed E-state index contributed by atoms with van der Waals surface area (Å²) in [5, 5.41) is 11.2. The monoisotopic (exact) mass is 784 g/mol. The topological polar surface area (TPSA) is 138 Å². The Morgan fingerprint density at radius 1 is 1.00 bits per heavy atom. The highest BCUT2D eigenvalue weighted by molar-refractivity contribution is 6.33. The molecule has 2 saturated heterocycles. The van der Waals surface area contributed by atoms with E-state index in [-0.39, 0.29) is 54.3 Å². The fourth-order valence-electron chi connectivity index (χ4n) is 8.62. The van der Waals surface area contributed by atoms with Gasteiger partial charge in [0.25, 0.3) is 11.8 Å². The maximum atomic E-state index is 15.2. The lowest BCUT2D eigenvalue weighted by Crippen LogP contribution is -2.54. The molecule has 3 aromatic rings. The molecular formula is C38H33Cl2F3N4O7. The summed E-state index contributed by atoms with van der Waals surface area (Å²) in [7, 11) is 2.75. The molecule has 3 heterocycles. The molecule has 2 aliphatic heterocycles.